The van der Waals surface area contributed by atoms with Gasteiger partial charge in [-0.15, -0.1) is 10.2 Å². The van der Waals surface area contributed by atoms with Crippen molar-refractivity contribution in [3.05, 3.63) is 47.0 Å². The third kappa shape index (κ3) is 6.59. The van der Waals surface area contributed by atoms with Gasteiger partial charge in [-0.3, -0.25) is 0 Å². The van der Waals surface area contributed by atoms with E-state index in [1.54, 1.807) is 7.11 Å². The zero-order valence-electron chi connectivity index (χ0n) is 15.9. The van der Waals surface area contributed by atoms with Gasteiger partial charge in [-0.25, -0.2) is 13.8 Å². The van der Waals surface area contributed by atoms with E-state index in [1.807, 2.05) is 18.5 Å². The molecule has 0 aliphatic rings. The Bertz CT molecular complexity index is 762. The van der Waals surface area contributed by atoms with Crippen molar-refractivity contribution < 1.29 is 13.5 Å². The predicted octanol–water partition coefficient (Wildman–Crippen LogP) is 1.72. The number of aryl methyl sites for hydroxylation is 1. The highest BCUT2D eigenvalue weighted by atomic mass is 19.1. The second-order valence-electron chi connectivity index (χ2n) is 6.07. The van der Waals surface area contributed by atoms with Crippen LogP contribution in [0.15, 0.2) is 23.2 Å². The van der Waals surface area contributed by atoms with Crippen LogP contribution in [0.1, 0.15) is 23.6 Å². The summed E-state index contributed by atoms with van der Waals surface area (Å²) in [5.74, 6) is 1.25. The van der Waals surface area contributed by atoms with Crippen molar-refractivity contribution in [1.29, 1.82) is 0 Å². The summed E-state index contributed by atoms with van der Waals surface area (Å²) in [6, 6.07) is 3.46. The molecule has 148 valence electrons. The van der Waals surface area contributed by atoms with Gasteiger partial charge in [-0.05, 0) is 43.5 Å². The second-order valence-corrected chi connectivity index (χ2v) is 6.07. The Morgan fingerprint density at radius 1 is 1.22 bits per heavy atom. The average molecular weight is 380 g/mol. The first-order valence-corrected chi connectivity index (χ1v) is 8.81. The molecule has 9 heteroatoms. The first-order chi connectivity index (χ1) is 13.0. The number of rotatable bonds is 9. The van der Waals surface area contributed by atoms with Crippen LogP contribution in [0, 0.1) is 18.6 Å². The Labute approximate surface area is 157 Å². The van der Waals surface area contributed by atoms with Crippen molar-refractivity contribution in [3.8, 4) is 0 Å². The number of ether oxygens (including phenoxy) is 1. The number of hydrogen-bond donors (Lipinski definition) is 2. The monoisotopic (exact) mass is 380 g/mol. The Hall–Kier alpha value is -2.55. The smallest absolute Gasteiger partial charge is 0.191 e. The molecule has 0 bridgehead atoms. The fraction of sp³-hybridized carbons (Fsp3) is 0.500. The van der Waals surface area contributed by atoms with Gasteiger partial charge in [0.25, 0.3) is 0 Å². The van der Waals surface area contributed by atoms with Crippen molar-refractivity contribution in [3.63, 3.8) is 0 Å². The second kappa shape index (κ2) is 10.6. The predicted molar refractivity (Wildman–Crippen MR) is 99.4 cm³/mol. The molecule has 0 radical (unpaired) electrons. The normalized spacial score (nSPS) is 11.7. The standard InChI is InChI=1S/C18H26F2N6O/c1-13-24-25-17(26(13)2)12-23-18(21-8-4-10-27-3)22-9-7-14-11-15(19)5-6-16(14)20/h5-6,11H,4,7-10,12H2,1-3H3,(H2,21,22,23). The summed E-state index contributed by atoms with van der Waals surface area (Å²) >= 11 is 0. The lowest BCUT2D eigenvalue weighted by Crippen LogP contribution is -2.39. The highest BCUT2D eigenvalue weighted by Gasteiger charge is 2.07. The first kappa shape index (κ1) is 20.8. The van der Waals surface area contributed by atoms with Gasteiger partial charge in [0.2, 0.25) is 0 Å². The molecule has 0 amide bonds. The summed E-state index contributed by atoms with van der Waals surface area (Å²) < 4.78 is 33.9. The minimum Gasteiger partial charge on any atom is -0.385 e. The van der Waals surface area contributed by atoms with Gasteiger partial charge in [0, 0.05) is 33.9 Å². The van der Waals surface area contributed by atoms with Gasteiger partial charge < -0.3 is 19.9 Å². The molecule has 7 nitrogen and oxygen atoms in total. The van der Waals surface area contributed by atoms with Crippen LogP contribution < -0.4 is 10.6 Å². The lowest BCUT2D eigenvalue weighted by Gasteiger charge is -2.13. The average Bonchev–Trinajstić information content (AvgIpc) is 2.97. The van der Waals surface area contributed by atoms with E-state index in [9.17, 15) is 8.78 Å². The topological polar surface area (TPSA) is 76.4 Å². The van der Waals surface area contributed by atoms with Gasteiger partial charge in [0.1, 0.15) is 24.0 Å². The highest BCUT2D eigenvalue weighted by Crippen LogP contribution is 2.09. The van der Waals surface area contributed by atoms with Crippen LogP contribution in [-0.2, 0) is 24.8 Å². The quantitative estimate of drug-likeness (QED) is 0.394. The summed E-state index contributed by atoms with van der Waals surface area (Å²) in [6.45, 7) is 3.94. The molecule has 0 saturated carbocycles. The van der Waals surface area contributed by atoms with Crippen LogP contribution in [0.25, 0.3) is 0 Å². The molecule has 27 heavy (non-hydrogen) atoms. The molecule has 0 fully saturated rings. The minimum absolute atomic E-state index is 0.324. The number of guanidine groups is 1. The Balaban J connectivity index is 1.95. The molecule has 1 aromatic heterocycles. The van der Waals surface area contributed by atoms with Crippen LogP contribution >= 0.6 is 0 Å². The summed E-state index contributed by atoms with van der Waals surface area (Å²) in [4.78, 5) is 4.50. The summed E-state index contributed by atoms with van der Waals surface area (Å²) in [5.41, 5.74) is 0.324. The Morgan fingerprint density at radius 3 is 2.70 bits per heavy atom. The van der Waals surface area contributed by atoms with Crippen molar-refractivity contribution in [1.82, 2.24) is 25.4 Å². The number of benzene rings is 1. The van der Waals surface area contributed by atoms with E-state index >= 15 is 0 Å². The maximum Gasteiger partial charge on any atom is 0.191 e. The molecular weight excluding hydrogens is 354 g/mol. The molecule has 0 spiro atoms. The highest BCUT2D eigenvalue weighted by molar-refractivity contribution is 5.79. The molecule has 0 aliphatic heterocycles. The largest absolute Gasteiger partial charge is 0.385 e. The van der Waals surface area contributed by atoms with Gasteiger partial charge in [-0.1, -0.05) is 0 Å². The number of halogens is 2. The fourth-order valence-corrected chi connectivity index (χ4v) is 2.39. The van der Waals surface area contributed by atoms with Crippen LogP contribution in [0.2, 0.25) is 0 Å². The van der Waals surface area contributed by atoms with E-state index < -0.39 is 11.6 Å². The van der Waals surface area contributed by atoms with Crippen molar-refractivity contribution in [2.75, 3.05) is 26.8 Å². The zero-order valence-corrected chi connectivity index (χ0v) is 15.9. The SMILES string of the molecule is COCCCNC(=NCc1nnc(C)n1C)NCCc1cc(F)ccc1F. The first-order valence-electron chi connectivity index (χ1n) is 8.81. The third-order valence-electron chi connectivity index (χ3n) is 4.07. The molecular formula is C18H26F2N6O. The molecule has 0 saturated heterocycles. The third-order valence-corrected chi connectivity index (χ3v) is 4.07. The van der Waals surface area contributed by atoms with Gasteiger partial charge in [0.15, 0.2) is 11.8 Å². The van der Waals surface area contributed by atoms with E-state index in [-0.39, 0.29) is 0 Å². The van der Waals surface area contributed by atoms with E-state index in [0.29, 0.717) is 44.2 Å². The molecule has 2 N–H and O–H groups in total. The fourth-order valence-electron chi connectivity index (χ4n) is 2.39. The number of aliphatic imine (C=N–C) groups is 1. The van der Waals surface area contributed by atoms with Crippen LogP contribution in [0.5, 0.6) is 0 Å². The van der Waals surface area contributed by atoms with E-state index in [1.165, 1.54) is 6.07 Å². The van der Waals surface area contributed by atoms with E-state index in [4.69, 9.17) is 4.74 Å². The summed E-state index contributed by atoms with van der Waals surface area (Å²) in [5, 5.41) is 14.4. The number of methoxy groups -OCH3 is 1. The van der Waals surface area contributed by atoms with Gasteiger partial charge in [0.05, 0.1) is 0 Å². The van der Waals surface area contributed by atoms with Crippen molar-refractivity contribution in [2.45, 2.75) is 26.3 Å². The summed E-state index contributed by atoms with van der Waals surface area (Å²) in [7, 11) is 3.53. The number of nitrogens with zero attached hydrogens (tertiary/aromatic N) is 4. The lowest BCUT2D eigenvalue weighted by atomic mass is 10.1. The molecule has 1 aromatic carbocycles. The van der Waals surface area contributed by atoms with Crippen molar-refractivity contribution in [2.24, 2.45) is 12.0 Å². The minimum atomic E-state index is -0.448. The van der Waals surface area contributed by atoms with E-state index in [0.717, 1.165) is 30.2 Å². The van der Waals surface area contributed by atoms with Gasteiger partial charge >= 0.3 is 0 Å². The van der Waals surface area contributed by atoms with E-state index in [2.05, 4.69) is 25.8 Å². The molecule has 0 aliphatic carbocycles. The lowest BCUT2D eigenvalue weighted by molar-refractivity contribution is 0.195. The summed E-state index contributed by atoms with van der Waals surface area (Å²) in [6.07, 6.45) is 1.16. The van der Waals surface area contributed by atoms with Crippen LogP contribution in [0.4, 0.5) is 8.78 Å². The number of aromatic nitrogens is 3. The van der Waals surface area contributed by atoms with Crippen molar-refractivity contribution >= 4 is 5.96 Å². The molecule has 2 rings (SSSR count). The zero-order chi connectivity index (χ0) is 19.6. The Kier molecular flexibility index (Phi) is 8.12. The van der Waals surface area contributed by atoms with Gasteiger partial charge in [-0.2, -0.15) is 0 Å². The molecule has 2 aromatic rings. The molecule has 0 unspecified atom stereocenters. The number of hydrogen-bond acceptors (Lipinski definition) is 4. The maximum atomic E-state index is 13.7. The van der Waals surface area contributed by atoms with Crippen LogP contribution in [-0.4, -0.2) is 47.5 Å². The Morgan fingerprint density at radius 2 is 2.00 bits per heavy atom. The maximum absolute atomic E-state index is 13.7. The number of nitrogens with one attached hydrogen (secondary N) is 2. The molecule has 1 heterocycles. The molecule has 0 atom stereocenters. The van der Waals surface area contributed by atoms with Crippen LogP contribution in [0.3, 0.4) is 0 Å².